The molecule has 0 radical (unpaired) electrons. The molecule has 0 aliphatic heterocycles. The van der Waals surface area contributed by atoms with E-state index in [1.165, 1.54) is 11.1 Å². The lowest BCUT2D eigenvalue weighted by atomic mass is 10.0. The van der Waals surface area contributed by atoms with E-state index in [-0.39, 0.29) is 6.04 Å². The van der Waals surface area contributed by atoms with E-state index in [1.54, 1.807) is 12.5 Å². The third-order valence-corrected chi connectivity index (χ3v) is 3.16. The predicted octanol–water partition coefficient (Wildman–Crippen LogP) is 3.07. The predicted molar refractivity (Wildman–Crippen MR) is 77.9 cm³/mol. The molecule has 1 aromatic carbocycles. The second-order valence-corrected chi connectivity index (χ2v) is 4.83. The molecule has 100 valence electrons. The molecule has 0 saturated carbocycles. The van der Waals surface area contributed by atoms with Crippen molar-refractivity contribution in [2.75, 3.05) is 6.54 Å². The van der Waals surface area contributed by atoms with Gasteiger partial charge in [0.25, 0.3) is 0 Å². The fraction of sp³-hybridized carbons (Fsp3) is 0.375. The van der Waals surface area contributed by atoms with Gasteiger partial charge in [0, 0.05) is 6.20 Å². The molecule has 3 nitrogen and oxygen atoms in total. The monoisotopic (exact) mass is 255 g/mol. The Morgan fingerprint density at radius 3 is 2.58 bits per heavy atom. The zero-order valence-corrected chi connectivity index (χ0v) is 11.6. The van der Waals surface area contributed by atoms with Gasteiger partial charge in [-0.2, -0.15) is 0 Å². The highest BCUT2D eigenvalue weighted by Crippen LogP contribution is 2.16. The van der Waals surface area contributed by atoms with E-state index in [1.807, 2.05) is 6.07 Å². The van der Waals surface area contributed by atoms with Gasteiger partial charge in [-0.1, -0.05) is 36.8 Å². The van der Waals surface area contributed by atoms with Crippen molar-refractivity contribution in [3.63, 3.8) is 0 Å². The summed E-state index contributed by atoms with van der Waals surface area (Å²) in [5.74, 6) is 0. The standard InChI is InChI=1S/C16H21N3/c1-3-9-18-16(15-8-10-17-12-19-15)11-14-6-4-13(2)5-7-14/h4-8,10,12,16,18H,3,9,11H2,1-2H3. The maximum absolute atomic E-state index is 4.37. The van der Waals surface area contributed by atoms with E-state index >= 15 is 0 Å². The number of hydrogen-bond acceptors (Lipinski definition) is 3. The zero-order valence-electron chi connectivity index (χ0n) is 11.6. The molecule has 1 N–H and O–H groups in total. The van der Waals surface area contributed by atoms with Crippen LogP contribution in [0.5, 0.6) is 0 Å². The van der Waals surface area contributed by atoms with Crippen molar-refractivity contribution < 1.29 is 0 Å². The van der Waals surface area contributed by atoms with Gasteiger partial charge in [-0.25, -0.2) is 9.97 Å². The van der Waals surface area contributed by atoms with Gasteiger partial charge < -0.3 is 5.32 Å². The molecule has 1 heterocycles. The molecule has 0 fully saturated rings. The number of nitrogens with one attached hydrogen (secondary N) is 1. The summed E-state index contributed by atoms with van der Waals surface area (Å²) in [7, 11) is 0. The third kappa shape index (κ3) is 4.14. The van der Waals surface area contributed by atoms with Crippen molar-refractivity contribution >= 4 is 0 Å². The normalized spacial score (nSPS) is 12.3. The van der Waals surface area contributed by atoms with Crippen LogP contribution in [0.15, 0.2) is 42.9 Å². The first-order valence-electron chi connectivity index (χ1n) is 6.84. The Hall–Kier alpha value is -1.74. The second kappa shape index (κ2) is 7.00. The Morgan fingerprint density at radius 1 is 1.16 bits per heavy atom. The van der Waals surface area contributed by atoms with Crippen molar-refractivity contribution in [3.05, 3.63) is 59.7 Å². The molecule has 0 aliphatic rings. The number of benzene rings is 1. The van der Waals surface area contributed by atoms with Crippen molar-refractivity contribution in [1.29, 1.82) is 0 Å². The summed E-state index contributed by atoms with van der Waals surface area (Å²) in [4.78, 5) is 8.36. The van der Waals surface area contributed by atoms with Crippen LogP contribution in [0.2, 0.25) is 0 Å². The number of aryl methyl sites for hydroxylation is 1. The molecule has 1 atom stereocenters. The lowest BCUT2D eigenvalue weighted by Gasteiger charge is -2.18. The summed E-state index contributed by atoms with van der Waals surface area (Å²) in [5.41, 5.74) is 3.69. The van der Waals surface area contributed by atoms with Crippen molar-refractivity contribution in [2.24, 2.45) is 0 Å². The Labute approximate surface area is 115 Å². The molecular formula is C16H21N3. The number of aromatic nitrogens is 2. The van der Waals surface area contributed by atoms with Gasteiger partial charge in [-0.05, 0) is 37.9 Å². The Bertz CT molecular complexity index is 479. The summed E-state index contributed by atoms with van der Waals surface area (Å²) >= 11 is 0. The van der Waals surface area contributed by atoms with Gasteiger partial charge in [-0.15, -0.1) is 0 Å². The molecule has 1 unspecified atom stereocenters. The summed E-state index contributed by atoms with van der Waals surface area (Å²) in [5, 5.41) is 3.56. The van der Waals surface area contributed by atoms with Crippen molar-refractivity contribution in [2.45, 2.75) is 32.7 Å². The molecule has 3 heteroatoms. The quantitative estimate of drug-likeness (QED) is 0.862. The third-order valence-electron chi connectivity index (χ3n) is 3.16. The van der Waals surface area contributed by atoms with Crippen LogP contribution in [0.1, 0.15) is 36.2 Å². The maximum Gasteiger partial charge on any atom is 0.115 e. The lowest BCUT2D eigenvalue weighted by Crippen LogP contribution is -2.25. The topological polar surface area (TPSA) is 37.8 Å². The molecule has 0 amide bonds. The highest BCUT2D eigenvalue weighted by Gasteiger charge is 2.12. The molecule has 2 rings (SSSR count). The minimum atomic E-state index is 0.255. The van der Waals surface area contributed by atoms with Crippen LogP contribution in [0, 0.1) is 6.92 Å². The first kappa shape index (κ1) is 13.7. The number of rotatable bonds is 6. The van der Waals surface area contributed by atoms with E-state index < -0.39 is 0 Å². The van der Waals surface area contributed by atoms with Crippen LogP contribution >= 0.6 is 0 Å². The highest BCUT2D eigenvalue weighted by atomic mass is 14.9. The maximum atomic E-state index is 4.37. The fourth-order valence-electron chi connectivity index (χ4n) is 2.07. The molecule has 0 aliphatic carbocycles. The summed E-state index contributed by atoms with van der Waals surface area (Å²) in [6.07, 6.45) is 5.50. The first-order valence-corrected chi connectivity index (χ1v) is 6.84. The van der Waals surface area contributed by atoms with Crippen LogP contribution < -0.4 is 5.32 Å². The Morgan fingerprint density at radius 2 is 1.95 bits per heavy atom. The minimum Gasteiger partial charge on any atom is -0.308 e. The molecular weight excluding hydrogens is 234 g/mol. The number of nitrogens with zero attached hydrogens (tertiary/aromatic N) is 2. The molecule has 0 saturated heterocycles. The van der Waals surface area contributed by atoms with Gasteiger partial charge in [0.05, 0.1) is 11.7 Å². The minimum absolute atomic E-state index is 0.255. The SMILES string of the molecule is CCCNC(Cc1ccc(C)cc1)c1ccncn1. The van der Waals surface area contributed by atoms with Gasteiger partial charge in [0.15, 0.2) is 0 Å². The second-order valence-electron chi connectivity index (χ2n) is 4.83. The molecule has 1 aromatic heterocycles. The largest absolute Gasteiger partial charge is 0.308 e. The molecule has 2 aromatic rings. The Kier molecular flexibility index (Phi) is 5.04. The smallest absolute Gasteiger partial charge is 0.115 e. The summed E-state index contributed by atoms with van der Waals surface area (Å²) < 4.78 is 0. The van der Waals surface area contributed by atoms with Crippen LogP contribution in [-0.4, -0.2) is 16.5 Å². The van der Waals surface area contributed by atoms with E-state index in [9.17, 15) is 0 Å². The molecule has 19 heavy (non-hydrogen) atoms. The van der Waals surface area contributed by atoms with Gasteiger partial charge >= 0.3 is 0 Å². The van der Waals surface area contributed by atoms with Crippen LogP contribution in [-0.2, 0) is 6.42 Å². The summed E-state index contributed by atoms with van der Waals surface area (Å²) in [6.45, 7) is 5.29. The number of hydrogen-bond donors (Lipinski definition) is 1. The average molecular weight is 255 g/mol. The molecule has 0 bridgehead atoms. The van der Waals surface area contributed by atoms with E-state index in [0.29, 0.717) is 0 Å². The first-order chi connectivity index (χ1) is 9.29. The van der Waals surface area contributed by atoms with Gasteiger partial charge in [0.1, 0.15) is 6.33 Å². The van der Waals surface area contributed by atoms with E-state index in [2.05, 4.69) is 53.4 Å². The molecule has 0 spiro atoms. The Balaban J connectivity index is 2.11. The van der Waals surface area contributed by atoms with Crippen molar-refractivity contribution in [3.8, 4) is 0 Å². The lowest BCUT2D eigenvalue weighted by molar-refractivity contribution is 0.517. The van der Waals surface area contributed by atoms with E-state index in [0.717, 1.165) is 25.1 Å². The van der Waals surface area contributed by atoms with E-state index in [4.69, 9.17) is 0 Å². The van der Waals surface area contributed by atoms with Crippen LogP contribution in [0.4, 0.5) is 0 Å². The van der Waals surface area contributed by atoms with Gasteiger partial charge in [-0.3, -0.25) is 0 Å². The van der Waals surface area contributed by atoms with Crippen LogP contribution in [0.3, 0.4) is 0 Å². The van der Waals surface area contributed by atoms with Gasteiger partial charge in [0.2, 0.25) is 0 Å². The van der Waals surface area contributed by atoms with Crippen molar-refractivity contribution in [1.82, 2.24) is 15.3 Å². The average Bonchev–Trinajstić information content (AvgIpc) is 2.46. The van der Waals surface area contributed by atoms with Crippen LogP contribution in [0.25, 0.3) is 0 Å². The highest BCUT2D eigenvalue weighted by molar-refractivity contribution is 5.23. The fourth-order valence-corrected chi connectivity index (χ4v) is 2.07. The zero-order chi connectivity index (χ0) is 13.5. The summed E-state index contributed by atoms with van der Waals surface area (Å²) in [6, 6.07) is 10.9.